The number of allylic oxidation sites excluding steroid dienone is 1. The lowest BCUT2D eigenvalue weighted by Gasteiger charge is -2.13. The highest BCUT2D eigenvalue weighted by molar-refractivity contribution is 8.00. The van der Waals surface area contributed by atoms with Crippen molar-refractivity contribution in [3.63, 3.8) is 0 Å². The van der Waals surface area contributed by atoms with Gasteiger partial charge in [-0.15, -0.1) is 0 Å². The molecule has 0 unspecified atom stereocenters. The number of hydrogen-bond donors (Lipinski definition) is 2. The maximum Gasteiger partial charge on any atom is 0.254 e. The van der Waals surface area contributed by atoms with E-state index in [1.165, 1.54) is 30.2 Å². The quantitative estimate of drug-likeness (QED) is 0.474. The third kappa shape index (κ3) is 5.79. The van der Waals surface area contributed by atoms with E-state index in [4.69, 9.17) is 9.47 Å². The zero-order chi connectivity index (χ0) is 21.5. The molecular weight excluding hydrogens is 414 g/mol. The molecule has 0 saturated carbocycles. The highest BCUT2D eigenvalue weighted by Crippen LogP contribution is 2.34. The molecule has 2 amide bonds. The fourth-order valence-corrected chi connectivity index (χ4v) is 4.34. The van der Waals surface area contributed by atoms with Crippen LogP contribution in [0.1, 0.15) is 42.5 Å². The van der Waals surface area contributed by atoms with Crippen LogP contribution in [0, 0.1) is 0 Å². The first-order valence-corrected chi connectivity index (χ1v) is 11.4. The van der Waals surface area contributed by atoms with Crippen molar-refractivity contribution < 1.29 is 19.1 Å². The summed E-state index contributed by atoms with van der Waals surface area (Å²) >= 11 is 1.24. The number of amides is 2. The number of aromatic nitrogens is 1. The van der Waals surface area contributed by atoms with Crippen LogP contribution in [0.4, 0.5) is 5.69 Å². The Labute approximate surface area is 185 Å². The summed E-state index contributed by atoms with van der Waals surface area (Å²) in [6.45, 7) is 0.791. The molecule has 1 aromatic heterocycles. The van der Waals surface area contributed by atoms with Crippen LogP contribution in [0.2, 0.25) is 0 Å². The average Bonchev–Trinajstić information content (AvgIpc) is 3.26. The smallest absolute Gasteiger partial charge is 0.254 e. The fourth-order valence-electron chi connectivity index (χ4n) is 3.55. The van der Waals surface area contributed by atoms with Crippen LogP contribution < -0.4 is 20.1 Å². The molecule has 8 heteroatoms. The lowest BCUT2D eigenvalue weighted by molar-refractivity contribution is -0.113. The first-order chi connectivity index (χ1) is 15.2. The Kier molecular flexibility index (Phi) is 7.09. The zero-order valence-electron chi connectivity index (χ0n) is 17.2. The van der Waals surface area contributed by atoms with Gasteiger partial charge in [-0.3, -0.25) is 9.59 Å². The van der Waals surface area contributed by atoms with Crippen molar-refractivity contribution in [3.8, 4) is 11.5 Å². The normalized spacial score (nSPS) is 14.6. The molecule has 0 fully saturated rings. The monoisotopic (exact) mass is 439 g/mol. The largest absolute Gasteiger partial charge is 0.454 e. The molecule has 2 aromatic rings. The number of hydrogen-bond acceptors (Lipinski definition) is 6. The second kappa shape index (κ2) is 10.3. The van der Waals surface area contributed by atoms with Crippen LogP contribution in [0.5, 0.6) is 11.5 Å². The van der Waals surface area contributed by atoms with Gasteiger partial charge in [0.25, 0.3) is 5.91 Å². The highest BCUT2D eigenvalue weighted by atomic mass is 32.2. The van der Waals surface area contributed by atoms with E-state index in [9.17, 15) is 9.59 Å². The molecule has 0 bridgehead atoms. The first kappa shape index (κ1) is 21.2. The Morgan fingerprint density at radius 2 is 2.03 bits per heavy atom. The summed E-state index contributed by atoms with van der Waals surface area (Å²) in [5, 5.41) is 6.35. The Bertz CT molecular complexity index is 993. The van der Waals surface area contributed by atoms with Crippen LogP contribution >= 0.6 is 11.8 Å². The van der Waals surface area contributed by atoms with Gasteiger partial charge in [0, 0.05) is 24.5 Å². The molecule has 0 spiro atoms. The number of thioether (sulfide) groups is 1. The predicted octanol–water partition coefficient (Wildman–Crippen LogP) is 4.16. The van der Waals surface area contributed by atoms with E-state index in [1.807, 2.05) is 0 Å². The number of rotatable bonds is 8. The molecular formula is C23H25N3O4S. The van der Waals surface area contributed by atoms with Crippen molar-refractivity contribution in [3.05, 3.63) is 53.7 Å². The minimum Gasteiger partial charge on any atom is -0.454 e. The molecule has 2 heterocycles. The van der Waals surface area contributed by atoms with Crippen molar-refractivity contribution >= 4 is 29.3 Å². The summed E-state index contributed by atoms with van der Waals surface area (Å²) < 4.78 is 10.6. The average molecular weight is 440 g/mol. The summed E-state index contributed by atoms with van der Waals surface area (Å²) in [6.07, 6.45) is 9.56. The molecule has 0 radical (unpaired) electrons. The summed E-state index contributed by atoms with van der Waals surface area (Å²) in [6, 6.07) is 8.72. The summed E-state index contributed by atoms with van der Waals surface area (Å²) in [4.78, 5) is 29.3. The Hall–Kier alpha value is -3.00. The second-order valence-electron chi connectivity index (χ2n) is 7.38. The van der Waals surface area contributed by atoms with Crippen LogP contribution in [0.3, 0.4) is 0 Å². The van der Waals surface area contributed by atoms with Gasteiger partial charge in [0.1, 0.15) is 5.03 Å². The molecule has 1 aliphatic heterocycles. The van der Waals surface area contributed by atoms with Gasteiger partial charge < -0.3 is 20.1 Å². The molecule has 1 aromatic carbocycles. The maximum atomic E-state index is 12.6. The van der Waals surface area contributed by atoms with E-state index in [0.29, 0.717) is 34.3 Å². The van der Waals surface area contributed by atoms with E-state index in [-0.39, 0.29) is 24.4 Å². The first-order valence-electron chi connectivity index (χ1n) is 10.4. The van der Waals surface area contributed by atoms with E-state index in [2.05, 4.69) is 21.7 Å². The lowest BCUT2D eigenvalue weighted by atomic mass is 9.97. The number of benzene rings is 1. The maximum absolute atomic E-state index is 12.6. The Morgan fingerprint density at radius 3 is 2.90 bits per heavy atom. The van der Waals surface area contributed by atoms with Crippen LogP contribution in [0.15, 0.2) is 53.2 Å². The number of fused-ring (bicyclic) bond motifs is 1. The molecule has 162 valence electrons. The molecule has 2 aliphatic rings. The van der Waals surface area contributed by atoms with Gasteiger partial charge in [0.15, 0.2) is 11.5 Å². The topological polar surface area (TPSA) is 89.6 Å². The summed E-state index contributed by atoms with van der Waals surface area (Å²) in [5.41, 5.74) is 2.54. The molecule has 4 rings (SSSR count). The minimum absolute atomic E-state index is 0.138. The lowest BCUT2D eigenvalue weighted by Crippen LogP contribution is -2.26. The number of carbonyl (C=O) groups is 2. The van der Waals surface area contributed by atoms with Crippen LogP contribution in [0.25, 0.3) is 0 Å². The van der Waals surface area contributed by atoms with Gasteiger partial charge in [-0.05, 0) is 56.4 Å². The summed E-state index contributed by atoms with van der Waals surface area (Å²) in [7, 11) is 0. The molecule has 7 nitrogen and oxygen atoms in total. The van der Waals surface area contributed by atoms with Crippen molar-refractivity contribution in [2.24, 2.45) is 0 Å². The third-order valence-corrected chi connectivity index (χ3v) is 6.13. The number of ether oxygens (including phenoxy) is 2. The van der Waals surface area contributed by atoms with Crippen LogP contribution in [-0.4, -0.2) is 35.9 Å². The zero-order valence-corrected chi connectivity index (χ0v) is 18.0. The Morgan fingerprint density at radius 1 is 1.13 bits per heavy atom. The number of pyridine rings is 1. The van der Waals surface area contributed by atoms with Crippen LogP contribution in [-0.2, 0) is 4.79 Å². The van der Waals surface area contributed by atoms with Crippen molar-refractivity contribution in [1.29, 1.82) is 0 Å². The van der Waals surface area contributed by atoms with Gasteiger partial charge in [0.05, 0.1) is 11.3 Å². The van der Waals surface area contributed by atoms with Gasteiger partial charge in [-0.1, -0.05) is 23.4 Å². The molecule has 0 atom stereocenters. The SMILES string of the molecule is O=C(CSc1ncccc1C(=O)NCCC1=CCCCC1)Nc1ccc2c(c1)OCO2. The second-order valence-corrected chi connectivity index (χ2v) is 8.34. The Balaban J connectivity index is 1.29. The van der Waals surface area contributed by atoms with E-state index < -0.39 is 0 Å². The van der Waals surface area contributed by atoms with E-state index in [0.717, 1.165) is 19.3 Å². The predicted molar refractivity (Wildman–Crippen MR) is 120 cm³/mol. The van der Waals surface area contributed by atoms with Crippen molar-refractivity contribution in [1.82, 2.24) is 10.3 Å². The number of anilines is 1. The van der Waals surface area contributed by atoms with Crippen molar-refractivity contribution in [2.75, 3.05) is 24.4 Å². The minimum atomic E-state index is -0.190. The fraction of sp³-hybridized carbons (Fsp3) is 0.348. The number of carbonyl (C=O) groups excluding carboxylic acids is 2. The molecule has 0 saturated heterocycles. The molecule has 31 heavy (non-hydrogen) atoms. The molecule has 1 aliphatic carbocycles. The van der Waals surface area contributed by atoms with Crippen molar-refractivity contribution in [2.45, 2.75) is 37.1 Å². The van der Waals surface area contributed by atoms with Gasteiger partial charge in [-0.2, -0.15) is 0 Å². The number of nitrogens with one attached hydrogen (secondary N) is 2. The summed E-state index contributed by atoms with van der Waals surface area (Å²) in [5.74, 6) is 1.06. The highest BCUT2D eigenvalue weighted by Gasteiger charge is 2.16. The number of nitrogens with zero attached hydrogens (tertiary/aromatic N) is 1. The third-order valence-electron chi connectivity index (χ3n) is 5.13. The van der Waals surface area contributed by atoms with E-state index in [1.54, 1.807) is 36.5 Å². The van der Waals surface area contributed by atoms with E-state index >= 15 is 0 Å². The van der Waals surface area contributed by atoms with Gasteiger partial charge in [0.2, 0.25) is 12.7 Å². The standard InChI is InChI=1S/C23H25N3O4S/c27-21(26-17-8-9-19-20(13-17)30-15-29-19)14-31-23-18(7-4-11-25-23)22(28)24-12-10-16-5-2-1-3-6-16/h4-5,7-9,11,13H,1-3,6,10,12,14-15H2,(H,24,28)(H,26,27). The van der Waals surface area contributed by atoms with Gasteiger partial charge >= 0.3 is 0 Å². The molecule has 2 N–H and O–H groups in total. The van der Waals surface area contributed by atoms with Gasteiger partial charge in [-0.25, -0.2) is 4.98 Å².